The summed E-state index contributed by atoms with van der Waals surface area (Å²) in [7, 11) is 0. The number of hydrogen-bond acceptors (Lipinski definition) is 6. The Kier molecular flexibility index (Phi) is 6.52. The van der Waals surface area contributed by atoms with Gasteiger partial charge in [-0.25, -0.2) is 4.98 Å². The predicted molar refractivity (Wildman–Crippen MR) is 130 cm³/mol. The summed E-state index contributed by atoms with van der Waals surface area (Å²) in [5.74, 6) is 3.29. The third-order valence-electron chi connectivity index (χ3n) is 6.01. The topological polar surface area (TPSA) is 69.5 Å². The summed E-state index contributed by atoms with van der Waals surface area (Å²) in [6, 6.07) is 19.2. The first kappa shape index (κ1) is 21.7. The van der Waals surface area contributed by atoms with Gasteiger partial charge in [-0.2, -0.15) is 4.98 Å². The summed E-state index contributed by atoms with van der Waals surface area (Å²) in [4.78, 5) is 21.6. The van der Waals surface area contributed by atoms with Gasteiger partial charge >= 0.3 is 0 Å². The molecule has 0 radical (unpaired) electrons. The zero-order valence-corrected chi connectivity index (χ0v) is 18.8. The number of benzene rings is 2. The number of likely N-dealkylation sites (tertiary alicyclic amines) is 1. The molecule has 2 aromatic heterocycles. The fraction of sp³-hybridized carbons (Fsp3) is 0.222. The number of hydrogen-bond donors (Lipinski definition) is 0. The average Bonchev–Trinajstić information content (AvgIpc) is 3.29. The first-order valence-electron chi connectivity index (χ1n) is 11.4. The molecule has 2 aromatic carbocycles. The van der Waals surface area contributed by atoms with Crippen LogP contribution in [0.1, 0.15) is 12.8 Å². The van der Waals surface area contributed by atoms with Crippen molar-refractivity contribution < 1.29 is 14.3 Å². The highest BCUT2D eigenvalue weighted by atomic mass is 16.5. The smallest absolute Gasteiger partial charge is 0.247 e. The number of rotatable bonds is 8. The molecule has 0 saturated carbocycles. The van der Waals surface area contributed by atoms with E-state index in [1.807, 2.05) is 66.9 Å². The Bertz CT molecular complexity index is 1260. The van der Waals surface area contributed by atoms with E-state index in [0.717, 1.165) is 61.3 Å². The molecule has 5 rings (SSSR count). The molecule has 1 fully saturated rings. The van der Waals surface area contributed by atoms with Crippen molar-refractivity contribution >= 4 is 17.3 Å². The second-order valence-corrected chi connectivity index (χ2v) is 8.33. The molecule has 0 aliphatic carbocycles. The molecule has 34 heavy (non-hydrogen) atoms. The summed E-state index contributed by atoms with van der Waals surface area (Å²) in [6.45, 7) is 2.78. The summed E-state index contributed by atoms with van der Waals surface area (Å²) >= 11 is 0. The molecule has 0 atom stereocenters. The molecule has 0 unspecified atom stereocenters. The first-order valence-corrected chi connectivity index (χ1v) is 11.4. The number of aldehydes is 1. The Hall–Kier alpha value is -4.13. The lowest BCUT2D eigenvalue weighted by atomic mass is 9.97. The van der Waals surface area contributed by atoms with E-state index in [0.29, 0.717) is 17.5 Å². The normalized spacial score (nSPS) is 14.5. The summed E-state index contributed by atoms with van der Waals surface area (Å²) in [5, 5.41) is 0. The number of para-hydroxylation sites is 1. The average molecular weight is 455 g/mol. The van der Waals surface area contributed by atoms with E-state index in [1.54, 1.807) is 6.08 Å². The van der Waals surface area contributed by atoms with Gasteiger partial charge in [0.25, 0.3) is 0 Å². The molecule has 0 N–H and O–H groups in total. The van der Waals surface area contributed by atoms with Gasteiger partial charge in [-0.1, -0.05) is 18.2 Å². The number of carbonyl (C=O) groups is 1. The molecule has 0 spiro atoms. The van der Waals surface area contributed by atoms with Crippen LogP contribution in [0.25, 0.3) is 11.0 Å². The molecule has 7 nitrogen and oxygen atoms in total. The molecular weight excluding hydrogens is 428 g/mol. The van der Waals surface area contributed by atoms with Gasteiger partial charge in [0.05, 0.1) is 5.52 Å². The molecular formula is C27H26N4O3. The maximum Gasteiger partial charge on any atom is 0.247 e. The minimum atomic E-state index is 0.540. The Morgan fingerprint density at radius 1 is 0.882 bits per heavy atom. The van der Waals surface area contributed by atoms with Crippen LogP contribution in [0.5, 0.6) is 23.1 Å². The van der Waals surface area contributed by atoms with Crippen molar-refractivity contribution in [2.24, 2.45) is 5.92 Å². The molecule has 1 saturated heterocycles. The van der Waals surface area contributed by atoms with E-state index in [4.69, 9.17) is 9.47 Å². The molecule has 172 valence electrons. The van der Waals surface area contributed by atoms with Gasteiger partial charge < -0.3 is 18.9 Å². The van der Waals surface area contributed by atoms with Crippen LogP contribution in [0.15, 0.2) is 85.5 Å². The zero-order chi connectivity index (χ0) is 23.2. The number of nitrogens with zero attached hydrogens (tertiary/aromatic N) is 4. The monoisotopic (exact) mass is 454 g/mol. The van der Waals surface area contributed by atoms with Crippen molar-refractivity contribution in [1.29, 1.82) is 0 Å². The third-order valence-corrected chi connectivity index (χ3v) is 6.01. The lowest BCUT2D eigenvalue weighted by Gasteiger charge is -2.31. The van der Waals surface area contributed by atoms with Gasteiger partial charge in [0, 0.05) is 32.0 Å². The number of carbonyl (C=O) groups excluding carboxylic acids is 1. The Labute approximate surface area is 198 Å². The van der Waals surface area contributed by atoms with Gasteiger partial charge in [-0.05, 0) is 67.3 Å². The van der Waals surface area contributed by atoms with E-state index < -0.39 is 0 Å². The number of allylic oxidation sites excluding steroid dienone is 1. The quantitative estimate of drug-likeness (QED) is 0.261. The molecule has 4 aromatic rings. The summed E-state index contributed by atoms with van der Waals surface area (Å²) in [5.41, 5.74) is 1.76. The van der Waals surface area contributed by atoms with E-state index in [1.165, 1.54) is 6.33 Å². The molecule has 0 bridgehead atoms. The van der Waals surface area contributed by atoms with Crippen LogP contribution in [-0.4, -0.2) is 38.8 Å². The van der Waals surface area contributed by atoms with Crippen molar-refractivity contribution in [2.75, 3.05) is 13.1 Å². The van der Waals surface area contributed by atoms with Crippen LogP contribution in [0, 0.1) is 5.92 Å². The molecule has 7 heteroatoms. The van der Waals surface area contributed by atoms with Crippen LogP contribution in [0.3, 0.4) is 0 Å². The van der Waals surface area contributed by atoms with E-state index in [9.17, 15) is 4.79 Å². The highest BCUT2D eigenvalue weighted by Crippen LogP contribution is 2.31. The Morgan fingerprint density at radius 3 is 2.32 bits per heavy atom. The van der Waals surface area contributed by atoms with E-state index >= 15 is 0 Å². The van der Waals surface area contributed by atoms with Gasteiger partial charge in [-0.3, -0.25) is 4.79 Å². The molecule has 0 amide bonds. The van der Waals surface area contributed by atoms with Crippen LogP contribution in [-0.2, 0) is 11.3 Å². The first-order chi connectivity index (χ1) is 16.8. The van der Waals surface area contributed by atoms with Gasteiger partial charge in [-0.15, -0.1) is 0 Å². The second kappa shape index (κ2) is 10.2. The Balaban J connectivity index is 1.28. The third kappa shape index (κ3) is 5.09. The van der Waals surface area contributed by atoms with Gasteiger partial charge in [0.15, 0.2) is 0 Å². The van der Waals surface area contributed by atoms with Crippen molar-refractivity contribution in [3.8, 4) is 23.1 Å². The van der Waals surface area contributed by atoms with Crippen LogP contribution < -0.4 is 9.47 Å². The molecule has 1 aliphatic rings. The van der Waals surface area contributed by atoms with Gasteiger partial charge in [0.1, 0.15) is 35.4 Å². The number of aromatic nitrogens is 3. The minimum absolute atomic E-state index is 0.540. The van der Waals surface area contributed by atoms with Gasteiger partial charge in [0.2, 0.25) is 5.88 Å². The van der Waals surface area contributed by atoms with Crippen molar-refractivity contribution in [3.63, 3.8) is 0 Å². The maximum atomic E-state index is 10.6. The van der Waals surface area contributed by atoms with Crippen LogP contribution in [0.4, 0.5) is 0 Å². The van der Waals surface area contributed by atoms with Crippen molar-refractivity contribution in [2.45, 2.75) is 19.4 Å². The highest BCUT2D eigenvalue weighted by Gasteiger charge is 2.20. The highest BCUT2D eigenvalue weighted by molar-refractivity contribution is 5.80. The maximum absolute atomic E-state index is 10.6. The fourth-order valence-electron chi connectivity index (χ4n) is 4.26. The SMILES string of the molecule is O=CC=CN1CCC(Cn2ccc3ncnc(Oc4ccc(Oc5ccccc5)cc4)c32)CC1. The number of fused-ring (bicyclic) bond motifs is 1. The lowest BCUT2D eigenvalue weighted by molar-refractivity contribution is -0.104. The van der Waals surface area contributed by atoms with Crippen molar-refractivity contribution in [1.82, 2.24) is 19.4 Å². The summed E-state index contributed by atoms with van der Waals surface area (Å²) < 4.78 is 14.2. The number of ether oxygens (including phenoxy) is 2. The van der Waals surface area contributed by atoms with E-state index in [-0.39, 0.29) is 0 Å². The molecule has 1 aliphatic heterocycles. The van der Waals surface area contributed by atoms with Crippen LogP contribution >= 0.6 is 0 Å². The minimum Gasteiger partial charge on any atom is -0.457 e. The second-order valence-electron chi connectivity index (χ2n) is 8.33. The summed E-state index contributed by atoms with van der Waals surface area (Å²) in [6.07, 6.45) is 9.98. The van der Waals surface area contributed by atoms with Crippen LogP contribution in [0.2, 0.25) is 0 Å². The molecule has 3 heterocycles. The lowest BCUT2D eigenvalue weighted by Crippen LogP contribution is -2.31. The van der Waals surface area contributed by atoms with Crippen molar-refractivity contribution in [3.05, 3.63) is 85.5 Å². The largest absolute Gasteiger partial charge is 0.457 e. The standard InChI is InChI=1S/C27H26N4O3/c32-18-4-14-30-15-11-21(12-16-30)19-31-17-13-25-26(31)27(29-20-28-25)34-24-9-7-23(8-10-24)33-22-5-2-1-3-6-22/h1-10,13-14,17-18,20-21H,11-12,15-16,19H2. The Morgan fingerprint density at radius 2 is 1.59 bits per heavy atom. The number of piperidine rings is 1. The zero-order valence-electron chi connectivity index (χ0n) is 18.8. The fourth-order valence-corrected chi connectivity index (χ4v) is 4.26. The predicted octanol–water partition coefficient (Wildman–Crippen LogP) is 5.44. The van der Waals surface area contributed by atoms with E-state index in [2.05, 4.69) is 25.6 Å².